The van der Waals surface area contributed by atoms with Crippen molar-refractivity contribution in [2.45, 2.75) is 72.1 Å². The van der Waals surface area contributed by atoms with Gasteiger partial charge in [0, 0.05) is 0 Å². The van der Waals surface area contributed by atoms with Gasteiger partial charge >= 0.3 is 0 Å². The lowest BCUT2D eigenvalue weighted by Gasteiger charge is -2.44. The molecule has 3 heteroatoms. The summed E-state index contributed by atoms with van der Waals surface area (Å²) >= 11 is 0. The first-order valence-corrected chi connectivity index (χ1v) is 10.3. The zero-order chi connectivity index (χ0) is 14.7. The Morgan fingerprint density at radius 3 is 2.16 bits per heavy atom. The second kappa shape index (κ2) is 6.36. The van der Waals surface area contributed by atoms with Crippen LogP contribution in [-0.4, -0.2) is 20.9 Å². The molecule has 0 aromatic carbocycles. The van der Waals surface area contributed by atoms with Crippen molar-refractivity contribution in [2.24, 2.45) is 11.3 Å². The van der Waals surface area contributed by atoms with E-state index in [1.165, 1.54) is 12.8 Å². The Hall–Kier alpha value is -0.413. The van der Waals surface area contributed by atoms with E-state index >= 15 is 0 Å². The number of hydrogen-bond donors (Lipinski definition) is 0. The minimum atomic E-state index is -1.10. The molecule has 0 atom stereocenters. The minimum Gasteiger partial charge on any atom is -0.412 e. The fourth-order valence-electron chi connectivity index (χ4n) is 3.19. The molecule has 0 aromatic rings. The van der Waals surface area contributed by atoms with Crippen LogP contribution in [0.15, 0.2) is 11.6 Å². The lowest BCUT2D eigenvalue weighted by molar-refractivity contribution is -0.105. The molecule has 0 aliphatic heterocycles. The molecule has 0 aromatic heterocycles. The van der Waals surface area contributed by atoms with Crippen LogP contribution in [0.3, 0.4) is 0 Å². The van der Waals surface area contributed by atoms with Gasteiger partial charge in [-0.3, -0.25) is 4.79 Å². The Balaban J connectivity index is 2.83. The van der Waals surface area contributed by atoms with Gasteiger partial charge in [-0.05, 0) is 68.7 Å². The monoisotopic (exact) mass is 282 g/mol. The van der Waals surface area contributed by atoms with E-state index in [1.807, 2.05) is 6.92 Å². The molecule has 0 amide bonds. The first-order chi connectivity index (χ1) is 8.68. The van der Waals surface area contributed by atoms with Gasteiger partial charge in [0.15, 0.2) is 9.04 Å². The number of hydrogen-bond acceptors (Lipinski definition) is 2. The summed E-state index contributed by atoms with van der Waals surface area (Å²) in [6.45, 7) is 13.3. The zero-order valence-electron chi connectivity index (χ0n) is 13.5. The summed E-state index contributed by atoms with van der Waals surface area (Å²) in [5.74, 6) is 0.767. The summed E-state index contributed by atoms with van der Waals surface area (Å²) in [6.07, 6.45) is 7.56. The predicted molar refractivity (Wildman–Crippen MR) is 83.9 cm³/mol. The molecular weight excluding hydrogens is 252 g/mol. The third-order valence-electron chi connectivity index (χ3n) is 4.20. The minimum absolute atomic E-state index is 0.160. The Morgan fingerprint density at radius 2 is 1.79 bits per heavy atom. The van der Waals surface area contributed by atoms with Crippen molar-refractivity contribution in [1.29, 1.82) is 0 Å². The molecule has 2 nitrogen and oxygen atoms in total. The van der Waals surface area contributed by atoms with E-state index in [-0.39, 0.29) is 5.60 Å². The normalized spacial score (nSPS) is 29.6. The Labute approximate surface area is 120 Å². The fourth-order valence-corrected chi connectivity index (χ4v) is 4.43. The molecule has 1 fully saturated rings. The molecule has 1 aliphatic carbocycles. The van der Waals surface area contributed by atoms with Crippen molar-refractivity contribution >= 4 is 15.3 Å². The van der Waals surface area contributed by atoms with Crippen LogP contribution >= 0.6 is 0 Å². The molecule has 0 spiro atoms. The Kier molecular flexibility index (Phi) is 5.57. The van der Waals surface area contributed by atoms with Crippen LogP contribution in [0.2, 0.25) is 13.1 Å². The van der Waals surface area contributed by atoms with Crippen LogP contribution in [0.1, 0.15) is 53.4 Å². The number of allylic oxidation sites excluding steroid dienone is 1. The van der Waals surface area contributed by atoms with Gasteiger partial charge in [0.1, 0.15) is 6.29 Å². The maximum Gasteiger partial charge on any atom is 0.172 e. The molecule has 0 radical (unpaired) electrons. The van der Waals surface area contributed by atoms with E-state index in [2.05, 4.69) is 39.9 Å². The van der Waals surface area contributed by atoms with E-state index < -0.39 is 9.04 Å². The first kappa shape index (κ1) is 16.6. The summed E-state index contributed by atoms with van der Waals surface area (Å²) < 4.78 is 6.32. The van der Waals surface area contributed by atoms with Crippen LogP contribution in [0.25, 0.3) is 0 Å². The highest BCUT2D eigenvalue weighted by Crippen LogP contribution is 2.43. The third kappa shape index (κ3) is 4.88. The van der Waals surface area contributed by atoms with Gasteiger partial charge in [-0.25, -0.2) is 0 Å². The largest absolute Gasteiger partial charge is 0.412 e. The average Bonchev–Trinajstić information content (AvgIpc) is 2.27. The van der Waals surface area contributed by atoms with Gasteiger partial charge in [-0.1, -0.05) is 20.8 Å². The highest BCUT2D eigenvalue weighted by molar-refractivity contribution is 6.48. The van der Waals surface area contributed by atoms with E-state index in [0.29, 0.717) is 5.41 Å². The second-order valence-electron chi connectivity index (χ2n) is 7.38. The average molecular weight is 282 g/mol. The van der Waals surface area contributed by atoms with Gasteiger partial charge in [0.25, 0.3) is 0 Å². The predicted octanol–water partition coefficient (Wildman–Crippen LogP) is 4.11. The van der Waals surface area contributed by atoms with Crippen molar-refractivity contribution in [2.75, 3.05) is 0 Å². The van der Waals surface area contributed by atoms with Gasteiger partial charge in [-0.2, -0.15) is 0 Å². The molecule has 0 bridgehead atoms. The van der Waals surface area contributed by atoms with Crippen LogP contribution < -0.4 is 0 Å². The van der Waals surface area contributed by atoms with Gasteiger partial charge in [0.05, 0.1) is 5.60 Å². The highest BCUT2D eigenvalue weighted by atomic mass is 28.3. The zero-order valence-corrected chi connectivity index (χ0v) is 14.6. The van der Waals surface area contributed by atoms with Gasteiger partial charge in [0.2, 0.25) is 0 Å². The lowest BCUT2D eigenvalue weighted by Crippen LogP contribution is -2.41. The molecular formula is C16H30O2Si. The molecule has 0 N–H and O–H groups in total. The Bertz CT molecular complexity index is 331. The maximum absolute atomic E-state index is 10.9. The summed E-state index contributed by atoms with van der Waals surface area (Å²) in [4.78, 5) is 10.9. The summed E-state index contributed by atoms with van der Waals surface area (Å²) in [6, 6.07) is 0. The standard InChI is InChI=1S/C16H30O2Si/c1-13(12-17)11-16(18-19(5)6)9-7-14(8-10-16)15(2,3)4/h11-12,14,19H,7-10H2,1-6H3/b13-11+/t14-,16-. The smallest absolute Gasteiger partial charge is 0.172 e. The lowest BCUT2D eigenvalue weighted by atomic mass is 9.68. The Morgan fingerprint density at radius 1 is 1.26 bits per heavy atom. The van der Waals surface area contributed by atoms with Crippen molar-refractivity contribution in [3.8, 4) is 0 Å². The molecule has 110 valence electrons. The van der Waals surface area contributed by atoms with Gasteiger partial charge in [-0.15, -0.1) is 0 Å². The molecule has 0 saturated heterocycles. The molecule has 1 rings (SSSR count). The van der Waals surface area contributed by atoms with Crippen molar-refractivity contribution in [1.82, 2.24) is 0 Å². The third-order valence-corrected chi connectivity index (χ3v) is 5.14. The van der Waals surface area contributed by atoms with E-state index in [9.17, 15) is 4.79 Å². The molecule has 0 unspecified atom stereocenters. The summed E-state index contributed by atoms with van der Waals surface area (Å²) in [5, 5.41) is 0. The van der Waals surface area contributed by atoms with Crippen molar-refractivity contribution < 1.29 is 9.22 Å². The number of carbonyl (C=O) groups excluding carboxylic acids is 1. The van der Waals surface area contributed by atoms with E-state index in [0.717, 1.165) is 30.6 Å². The number of rotatable bonds is 4. The topological polar surface area (TPSA) is 26.3 Å². The van der Waals surface area contributed by atoms with Crippen LogP contribution in [0, 0.1) is 11.3 Å². The molecule has 1 saturated carbocycles. The molecule has 19 heavy (non-hydrogen) atoms. The summed E-state index contributed by atoms with van der Waals surface area (Å²) in [5.41, 5.74) is 1.03. The van der Waals surface area contributed by atoms with Crippen LogP contribution in [0.5, 0.6) is 0 Å². The summed E-state index contributed by atoms with van der Waals surface area (Å²) in [7, 11) is -1.10. The maximum atomic E-state index is 10.9. The SMILES string of the molecule is C/C(C=O)=C\[C@]1(O[SiH](C)C)CC[C@H](C(C)(C)C)CC1. The number of carbonyl (C=O) groups is 1. The highest BCUT2D eigenvalue weighted by Gasteiger charge is 2.38. The van der Waals surface area contributed by atoms with Crippen molar-refractivity contribution in [3.05, 3.63) is 11.6 Å². The van der Waals surface area contributed by atoms with E-state index in [1.54, 1.807) is 0 Å². The first-order valence-electron chi connectivity index (χ1n) is 7.51. The van der Waals surface area contributed by atoms with Crippen LogP contribution in [-0.2, 0) is 9.22 Å². The quantitative estimate of drug-likeness (QED) is 0.441. The van der Waals surface area contributed by atoms with Gasteiger partial charge < -0.3 is 4.43 Å². The second-order valence-corrected chi connectivity index (χ2v) is 9.71. The fraction of sp³-hybridized carbons (Fsp3) is 0.812. The van der Waals surface area contributed by atoms with Crippen molar-refractivity contribution in [3.63, 3.8) is 0 Å². The number of aldehydes is 1. The van der Waals surface area contributed by atoms with Crippen LogP contribution in [0.4, 0.5) is 0 Å². The van der Waals surface area contributed by atoms with E-state index in [4.69, 9.17) is 4.43 Å². The molecule has 0 heterocycles. The molecule has 1 aliphatic rings.